The van der Waals surface area contributed by atoms with E-state index in [1.165, 1.54) is 29.5 Å². The van der Waals surface area contributed by atoms with Crippen LogP contribution in [-0.2, 0) is 0 Å². The molecule has 1 atom stereocenters. The first-order valence-electron chi connectivity index (χ1n) is 4.43. The number of benzene rings is 1. The fourth-order valence-electron chi connectivity index (χ4n) is 1.39. The summed E-state index contributed by atoms with van der Waals surface area (Å²) in [6.07, 6.45) is -0.855. The normalized spacial score (nSPS) is 12.7. The van der Waals surface area contributed by atoms with Gasteiger partial charge in [-0.05, 0) is 40.6 Å². The fraction of sp³-hybridized carbons (Fsp3) is 0.0909. The summed E-state index contributed by atoms with van der Waals surface area (Å²) in [5.74, 6) is -0.395. The van der Waals surface area contributed by atoms with Gasteiger partial charge in [-0.2, -0.15) is 11.3 Å². The van der Waals surface area contributed by atoms with Crippen molar-refractivity contribution in [2.75, 3.05) is 5.73 Å². The topological polar surface area (TPSA) is 46.2 Å². The average Bonchev–Trinajstić information content (AvgIpc) is 2.74. The van der Waals surface area contributed by atoms with Crippen molar-refractivity contribution in [2.24, 2.45) is 0 Å². The van der Waals surface area contributed by atoms with Crippen LogP contribution in [0.5, 0.6) is 0 Å². The van der Waals surface area contributed by atoms with E-state index >= 15 is 0 Å². The molecule has 3 N–H and O–H groups in total. The fourth-order valence-corrected chi connectivity index (χ4v) is 2.07. The molecule has 2 aromatic rings. The molecule has 1 heterocycles. The summed E-state index contributed by atoms with van der Waals surface area (Å²) < 4.78 is 13.0. The Bertz CT molecular complexity index is 456. The van der Waals surface area contributed by atoms with Crippen LogP contribution in [0.4, 0.5) is 10.1 Å². The van der Waals surface area contributed by atoms with Crippen molar-refractivity contribution in [3.8, 4) is 0 Å². The highest BCUT2D eigenvalue weighted by Crippen LogP contribution is 2.28. The summed E-state index contributed by atoms with van der Waals surface area (Å²) in [6, 6.07) is 5.79. The smallest absolute Gasteiger partial charge is 0.123 e. The van der Waals surface area contributed by atoms with Crippen molar-refractivity contribution >= 4 is 17.0 Å². The Morgan fingerprint density at radius 1 is 1.33 bits per heavy atom. The summed E-state index contributed by atoms with van der Waals surface area (Å²) in [6.45, 7) is 0. The lowest BCUT2D eigenvalue weighted by Gasteiger charge is -2.12. The van der Waals surface area contributed by atoms with E-state index in [-0.39, 0.29) is 0 Å². The summed E-state index contributed by atoms with van der Waals surface area (Å²) in [7, 11) is 0. The van der Waals surface area contributed by atoms with E-state index in [1.54, 1.807) is 6.07 Å². The van der Waals surface area contributed by atoms with E-state index < -0.39 is 11.9 Å². The maximum atomic E-state index is 13.0. The second-order valence-corrected chi connectivity index (χ2v) is 4.01. The molecule has 1 aromatic carbocycles. The summed E-state index contributed by atoms with van der Waals surface area (Å²) in [4.78, 5) is 0. The van der Waals surface area contributed by atoms with Crippen molar-refractivity contribution in [3.63, 3.8) is 0 Å². The molecule has 0 saturated heterocycles. The van der Waals surface area contributed by atoms with Crippen LogP contribution >= 0.6 is 11.3 Å². The maximum absolute atomic E-state index is 13.0. The van der Waals surface area contributed by atoms with Gasteiger partial charge >= 0.3 is 0 Å². The van der Waals surface area contributed by atoms with Crippen LogP contribution in [0, 0.1) is 5.82 Å². The SMILES string of the molecule is Nc1ccc(F)cc1C(O)c1ccsc1. The lowest BCUT2D eigenvalue weighted by atomic mass is 10.0. The van der Waals surface area contributed by atoms with Crippen LogP contribution in [0.25, 0.3) is 0 Å². The number of thiophene rings is 1. The molecule has 2 nitrogen and oxygen atoms in total. The molecule has 4 heteroatoms. The van der Waals surface area contributed by atoms with Crippen LogP contribution in [0.3, 0.4) is 0 Å². The highest BCUT2D eigenvalue weighted by molar-refractivity contribution is 7.07. The molecule has 2 rings (SSSR count). The zero-order chi connectivity index (χ0) is 10.8. The van der Waals surface area contributed by atoms with Crippen molar-refractivity contribution in [2.45, 2.75) is 6.10 Å². The number of halogens is 1. The number of hydrogen-bond acceptors (Lipinski definition) is 3. The third-order valence-electron chi connectivity index (χ3n) is 2.20. The predicted molar refractivity (Wildman–Crippen MR) is 59.2 cm³/mol. The number of rotatable bonds is 2. The highest BCUT2D eigenvalue weighted by atomic mass is 32.1. The average molecular weight is 223 g/mol. The Morgan fingerprint density at radius 2 is 2.13 bits per heavy atom. The van der Waals surface area contributed by atoms with Gasteiger partial charge in [0.1, 0.15) is 11.9 Å². The number of nitrogen functional groups attached to an aromatic ring is 1. The molecule has 0 fully saturated rings. The molecular formula is C11H10FNOS. The molecule has 1 unspecified atom stereocenters. The quantitative estimate of drug-likeness (QED) is 0.768. The van der Waals surface area contributed by atoms with Gasteiger partial charge in [0.05, 0.1) is 0 Å². The Labute approximate surface area is 90.8 Å². The van der Waals surface area contributed by atoms with Crippen molar-refractivity contribution in [3.05, 3.63) is 52.0 Å². The van der Waals surface area contributed by atoms with Gasteiger partial charge < -0.3 is 10.8 Å². The second kappa shape index (κ2) is 4.00. The summed E-state index contributed by atoms with van der Waals surface area (Å²) >= 11 is 1.48. The molecule has 0 spiro atoms. The molecule has 0 aliphatic heterocycles. The third-order valence-corrected chi connectivity index (χ3v) is 2.90. The number of hydrogen-bond donors (Lipinski definition) is 2. The number of aliphatic hydroxyl groups excluding tert-OH is 1. The molecule has 0 saturated carbocycles. The first-order valence-corrected chi connectivity index (χ1v) is 5.38. The minimum atomic E-state index is -0.855. The number of nitrogens with two attached hydrogens (primary N) is 1. The number of anilines is 1. The Hall–Kier alpha value is -1.39. The standard InChI is InChI=1S/C11H10FNOS/c12-8-1-2-10(13)9(5-8)11(14)7-3-4-15-6-7/h1-6,11,14H,13H2. The molecular weight excluding hydrogens is 213 g/mol. The van der Waals surface area contributed by atoms with E-state index in [1.807, 2.05) is 10.8 Å². The van der Waals surface area contributed by atoms with Crippen molar-refractivity contribution < 1.29 is 9.50 Å². The maximum Gasteiger partial charge on any atom is 0.123 e. The molecule has 78 valence electrons. The van der Waals surface area contributed by atoms with Crippen LogP contribution in [0.1, 0.15) is 17.2 Å². The van der Waals surface area contributed by atoms with Gasteiger partial charge in [-0.25, -0.2) is 4.39 Å². The van der Waals surface area contributed by atoms with E-state index in [9.17, 15) is 9.50 Å². The molecule has 0 amide bonds. The summed E-state index contributed by atoms with van der Waals surface area (Å²) in [5.41, 5.74) is 7.22. The molecule has 0 radical (unpaired) electrons. The van der Waals surface area contributed by atoms with Gasteiger partial charge in [0, 0.05) is 11.3 Å². The van der Waals surface area contributed by atoms with Gasteiger partial charge in [-0.3, -0.25) is 0 Å². The van der Waals surface area contributed by atoms with E-state index in [0.29, 0.717) is 11.3 Å². The Kier molecular flexibility index (Phi) is 2.70. The zero-order valence-electron chi connectivity index (χ0n) is 7.85. The minimum Gasteiger partial charge on any atom is -0.398 e. The lowest BCUT2D eigenvalue weighted by Crippen LogP contribution is -2.03. The van der Waals surface area contributed by atoms with E-state index in [2.05, 4.69) is 0 Å². The minimum absolute atomic E-state index is 0.395. The highest BCUT2D eigenvalue weighted by Gasteiger charge is 2.14. The Morgan fingerprint density at radius 3 is 2.80 bits per heavy atom. The van der Waals surface area contributed by atoms with Crippen molar-refractivity contribution in [1.82, 2.24) is 0 Å². The van der Waals surface area contributed by atoms with Gasteiger partial charge in [0.15, 0.2) is 0 Å². The number of aliphatic hydroxyl groups is 1. The second-order valence-electron chi connectivity index (χ2n) is 3.23. The molecule has 0 bridgehead atoms. The van der Waals surface area contributed by atoms with Gasteiger partial charge in [0.25, 0.3) is 0 Å². The molecule has 0 aliphatic carbocycles. The van der Waals surface area contributed by atoms with E-state index in [0.717, 1.165) is 5.56 Å². The molecule has 1 aromatic heterocycles. The molecule has 15 heavy (non-hydrogen) atoms. The monoisotopic (exact) mass is 223 g/mol. The largest absolute Gasteiger partial charge is 0.398 e. The summed E-state index contributed by atoms with van der Waals surface area (Å²) in [5, 5.41) is 13.6. The van der Waals surface area contributed by atoms with Crippen molar-refractivity contribution in [1.29, 1.82) is 0 Å². The first-order chi connectivity index (χ1) is 7.18. The molecule has 0 aliphatic rings. The Balaban J connectivity index is 2.41. The predicted octanol–water partition coefficient (Wildman–Crippen LogP) is 2.55. The van der Waals surface area contributed by atoms with Gasteiger partial charge in [0.2, 0.25) is 0 Å². The lowest BCUT2D eigenvalue weighted by molar-refractivity contribution is 0.221. The third kappa shape index (κ3) is 2.00. The van der Waals surface area contributed by atoms with Gasteiger partial charge in [-0.15, -0.1) is 0 Å². The van der Waals surface area contributed by atoms with Gasteiger partial charge in [-0.1, -0.05) is 0 Å². The van der Waals surface area contributed by atoms with Crippen LogP contribution in [0.2, 0.25) is 0 Å². The van der Waals surface area contributed by atoms with E-state index in [4.69, 9.17) is 5.73 Å². The van der Waals surface area contributed by atoms with Crippen LogP contribution in [0.15, 0.2) is 35.0 Å². The first kappa shape index (κ1) is 10.1. The van der Waals surface area contributed by atoms with Crippen LogP contribution < -0.4 is 5.73 Å². The van der Waals surface area contributed by atoms with Crippen LogP contribution in [-0.4, -0.2) is 5.11 Å². The zero-order valence-corrected chi connectivity index (χ0v) is 8.67.